The third kappa shape index (κ3) is 2.97. The molecule has 2 rings (SSSR count). The average Bonchev–Trinajstić information content (AvgIpc) is 3.10. The lowest BCUT2D eigenvalue weighted by Gasteiger charge is -2.30. The van der Waals surface area contributed by atoms with Crippen LogP contribution in [0.5, 0.6) is 0 Å². The third-order valence-electron chi connectivity index (χ3n) is 4.16. The van der Waals surface area contributed by atoms with Crippen LogP contribution < -0.4 is 5.32 Å². The Hall–Kier alpha value is -0.570. The van der Waals surface area contributed by atoms with Crippen LogP contribution in [0.1, 0.15) is 51.9 Å². The molecule has 2 atom stereocenters. The highest BCUT2D eigenvalue weighted by Crippen LogP contribution is 2.34. The minimum absolute atomic E-state index is 0.295. The van der Waals surface area contributed by atoms with Crippen molar-refractivity contribution in [3.8, 4) is 0 Å². The van der Waals surface area contributed by atoms with Gasteiger partial charge in [-0.2, -0.15) is 0 Å². The van der Waals surface area contributed by atoms with E-state index in [9.17, 15) is 4.79 Å². The van der Waals surface area contributed by atoms with Crippen molar-refractivity contribution in [1.82, 2.24) is 5.32 Å². The van der Waals surface area contributed by atoms with E-state index in [0.717, 1.165) is 12.8 Å². The summed E-state index contributed by atoms with van der Waals surface area (Å²) in [5, 5.41) is 12.5. The monoisotopic (exact) mass is 225 g/mol. The first-order valence-corrected chi connectivity index (χ1v) is 6.67. The van der Waals surface area contributed by atoms with Gasteiger partial charge in [0.1, 0.15) is 6.04 Å². The van der Waals surface area contributed by atoms with Gasteiger partial charge in [0.05, 0.1) is 0 Å². The largest absolute Gasteiger partial charge is 0.480 e. The van der Waals surface area contributed by atoms with Crippen LogP contribution in [0.25, 0.3) is 0 Å². The lowest BCUT2D eigenvalue weighted by Crippen LogP contribution is -2.46. The van der Waals surface area contributed by atoms with Crippen LogP contribution in [0.3, 0.4) is 0 Å². The zero-order valence-electron chi connectivity index (χ0n) is 10.1. The Morgan fingerprint density at radius 2 is 1.75 bits per heavy atom. The van der Waals surface area contributed by atoms with E-state index in [0.29, 0.717) is 17.9 Å². The molecule has 2 saturated carbocycles. The molecule has 0 aromatic heterocycles. The molecule has 0 heterocycles. The van der Waals surface area contributed by atoms with Crippen molar-refractivity contribution in [1.29, 1.82) is 0 Å². The summed E-state index contributed by atoms with van der Waals surface area (Å²) < 4.78 is 0. The van der Waals surface area contributed by atoms with Crippen molar-refractivity contribution in [3.05, 3.63) is 0 Å². The van der Waals surface area contributed by atoms with Crippen LogP contribution in [0, 0.1) is 11.8 Å². The van der Waals surface area contributed by atoms with E-state index in [4.69, 9.17) is 5.11 Å². The van der Waals surface area contributed by atoms with Crippen LogP contribution in [0.4, 0.5) is 0 Å². The molecule has 16 heavy (non-hydrogen) atoms. The molecule has 0 bridgehead atoms. The van der Waals surface area contributed by atoms with Crippen molar-refractivity contribution >= 4 is 5.97 Å². The highest BCUT2D eigenvalue weighted by molar-refractivity contribution is 5.74. The summed E-state index contributed by atoms with van der Waals surface area (Å²) in [5.41, 5.74) is 0. The summed E-state index contributed by atoms with van der Waals surface area (Å²) in [5.74, 6) is 0.419. The van der Waals surface area contributed by atoms with Crippen molar-refractivity contribution in [2.24, 2.45) is 11.8 Å². The van der Waals surface area contributed by atoms with Gasteiger partial charge in [-0.05, 0) is 44.4 Å². The lowest BCUT2D eigenvalue weighted by molar-refractivity contribution is -0.140. The number of carboxylic acids is 1. The molecular weight excluding hydrogens is 202 g/mol. The second-order valence-corrected chi connectivity index (χ2v) is 5.51. The summed E-state index contributed by atoms with van der Waals surface area (Å²) in [6, 6.07) is 0.0685. The van der Waals surface area contributed by atoms with Crippen molar-refractivity contribution in [2.75, 3.05) is 0 Å². The first-order valence-electron chi connectivity index (χ1n) is 6.67. The zero-order chi connectivity index (χ0) is 11.5. The topological polar surface area (TPSA) is 49.3 Å². The quantitative estimate of drug-likeness (QED) is 0.755. The van der Waals surface area contributed by atoms with Crippen LogP contribution in [0.15, 0.2) is 0 Å². The molecule has 0 spiro atoms. The van der Waals surface area contributed by atoms with E-state index in [1.54, 1.807) is 0 Å². The molecule has 0 radical (unpaired) electrons. The van der Waals surface area contributed by atoms with Gasteiger partial charge < -0.3 is 10.4 Å². The number of carbonyl (C=O) groups is 1. The normalized spacial score (nSPS) is 26.3. The van der Waals surface area contributed by atoms with E-state index in [2.05, 4.69) is 12.2 Å². The Labute approximate surface area is 97.6 Å². The molecule has 1 unspecified atom stereocenters. The molecule has 0 aromatic rings. The highest BCUT2D eigenvalue weighted by atomic mass is 16.4. The van der Waals surface area contributed by atoms with Crippen LogP contribution in [-0.2, 0) is 4.79 Å². The van der Waals surface area contributed by atoms with Crippen molar-refractivity contribution < 1.29 is 9.90 Å². The van der Waals surface area contributed by atoms with Gasteiger partial charge in [-0.15, -0.1) is 0 Å². The SMILES string of the molecule is C[C@H](NC(C(=O)O)C1CC1)C1CCCCC1. The molecular formula is C13H23NO2. The molecule has 0 amide bonds. The first kappa shape index (κ1) is 11.9. The summed E-state index contributed by atoms with van der Waals surface area (Å²) in [7, 11) is 0. The Bertz CT molecular complexity index is 244. The minimum Gasteiger partial charge on any atom is -0.480 e. The molecule has 2 fully saturated rings. The predicted octanol–water partition coefficient (Wildman–Crippen LogP) is 2.41. The van der Waals surface area contributed by atoms with Gasteiger partial charge in [-0.1, -0.05) is 19.3 Å². The number of nitrogens with one attached hydrogen (secondary N) is 1. The summed E-state index contributed by atoms with van der Waals surface area (Å²) in [4.78, 5) is 11.1. The summed E-state index contributed by atoms with van der Waals surface area (Å²) in [6.45, 7) is 2.16. The second-order valence-electron chi connectivity index (χ2n) is 5.51. The summed E-state index contributed by atoms with van der Waals surface area (Å²) in [6.07, 6.45) is 8.70. The number of rotatable bonds is 5. The number of hydrogen-bond donors (Lipinski definition) is 2. The van der Waals surface area contributed by atoms with Gasteiger partial charge in [0.15, 0.2) is 0 Å². The number of carboxylic acid groups (broad SMARTS) is 1. The molecule has 3 heteroatoms. The molecule has 0 aromatic carbocycles. The fraction of sp³-hybridized carbons (Fsp3) is 0.923. The third-order valence-corrected chi connectivity index (χ3v) is 4.16. The van der Waals surface area contributed by atoms with Crippen molar-refractivity contribution in [3.63, 3.8) is 0 Å². The molecule has 92 valence electrons. The Morgan fingerprint density at radius 3 is 2.25 bits per heavy atom. The van der Waals surface area contributed by atoms with Gasteiger partial charge in [0.2, 0.25) is 0 Å². The standard InChI is InChI=1S/C13H23NO2/c1-9(10-5-3-2-4-6-10)14-12(13(15)16)11-7-8-11/h9-12,14H,2-8H2,1H3,(H,15,16)/t9-,12?/m0/s1. The van der Waals surface area contributed by atoms with Gasteiger partial charge in [0, 0.05) is 6.04 Å². The smallest absolute Gasteiger partial charge is 0.320 e. The van der Waals surface area contributed by atoms with Gasteiger partial charge in [-0.3, -0.25) is 4.79 Å². The Morgan fingerprint density at radius 1 is 1.12 bits per heavy atom. The molecule has 0 saturated heterocycles. The van der Waals surface area contributed by atoms with E-state index in [1.165, 1.54) is 32.1 Å². The van der Waals surface area contributed by atoms with Crippen molar-refractivity contribution in [2.45, 2.75) is 64.0 Å². The average molecular weight is 225 g/mol. The fourth-order valence-electron chi connectivity index (χ4n) is 2.89. The van der Waals surface area contributed by atoms with E-state index in [-0.39, 0.29) is 6.04 Å². The highest BCUT2D eigenvalue weighted by Gasteiger charge is 2.37. The van der Waals surface area contributed by atoms with Crippen LogP contribution >= 0.6 is 0 Å². The maximum Gasteiger partial charge on any atom is 0.320 e. The van der Waals surface area contributed by atoms with E-state index in [1.807, 2.05) is 0 Å². The lowest BCUT2D eigenvalue weighted by atomic mass is 9.84. The predicted molar refractivity (Wildman–Crippen MR) is 63.3 cm³/mol. The van der Waals surface area contributed by atoms with Crippen LogP contribution in [0.2, 0.25) is 0 Å². The van der Waals surface area contributed by atoms with Gasteiger partial charge in [0.25, 0.3) is 0 Å². The Kier molecular flexibility index (Phi) is 3.85. The maximum atomic E-state index is 11.1. The molecule has 0 aliphatic heterocycles. The van der Waals surface area contributed by atoms with Gasteiger partial charge >= 0.3 is 5.97 Å². The summed E-state index contributed by atoms with van der Waals surface area (Å²) >= 11 is 0. The molecule has 2 aliphatic rings. The molecule has 2 aliphatic carbocycles. The fourth-order valence-corrected chi connectivity index (χ4v) is 2.89. The second kappa shape index (κ2) is 5.17. The molecule has 3 nitrogen and oxygen atoms in total. The van der Waals surface area contributed by atoms with E-state index >= 15 is 0 Å². The van der Waals surface area contributed by atoms with Crippen LogP contribution in [-0.4, -0.2) is 23.2 Å². The van der Waals surface area contributed by atoms with E-state index < -0.39 is 5.97 Å². The van der Waals surface area contributed by atoms with Gasteiger partial charge in [-0.25, -0.2) is 0 Å². The Balaban J connectivity index is 1.83. The first-order chi connectivity index (χ1) is 7.68. The number of hydrogen-bond acceptors (Lipinski definition) is 2. The maximum absolute atomic E-state index is 11.1. The minimum atomic E-state index is -0.662. The zero-order valence-corrected chi connectivity index (χ0v) is 10.1. The molecule has 2 N–H and O–H groups in total. The number of aliphatic carboxylic acids is 1.